The molecule has 0 bridgehead atoms. The molecule has 1 nitrogen and oxygen atoms in total. The van der Waals surface area contributed by atoms with Crippen LogP contribution in [0, 0.1) is 12.7 Å². The SMILES string of the molecule is CNC(c1ccc(C)c(F)c1)C1Cc2ccccc21. The number of aryl methyl sites for hydroxylation is 1. The summed E-state index contributed by atoms with van der Waals surface area (Å²) in [6.07, 6.45) is 1.07. The molecule has 0 heterocycles. The number of fused-ring (bicyclic) bond motifs is 1. The Bertz CT molecular complexity index is 606. The van der Waals surface area contributed by atoms with Crippen LogP contribution in [-0.2, 0) is 6.42 Å². The first-order chi connectivity index (χ1) is 9.20. The largest absolute Gasteiger partial charge is 0.312 e. The Hall–Kier alpha value is -1.67. The number of rotatable bonds is 3. The van der Waals surface area contributed by atoms with Crippen LogP contribution in [-0.4, -0.2) is 7.05 Å². The minimum Gasteiger partial charge on any atom is -0.312 e. The molecular weight excluding hydrogens is 237 g/mol. The van der Waals surface area contributed by atoms with Crippen LogP contribution < -0.4 is 5.32 Å². The highest BCUT2D eigenvalue weighted by Crippen LogP contribution is 2.43. The second kappa shape index (κ2) is 4.78. The lowest BCUT2D eigenvalue weighted by atomic mass is 9.72. The molecule has 2 heteroatoms. The Morgan fingerprint density at radius 3 is 2.68 bits per heavy atom. The molecule has 2 atom stereocenters. The second-order valence-electron chi connectivity index (χ2n) is 5.28. The van der Waals surface area contributed by atoms with Crippen molar-refractivity contribution < 1.29 is 4.39 Å². The van der Waals surface area contributed by atoms with Gasteiger partial charge in [-0.15, -0.1) is 0 Å². The van der Waals surface area contributed by atoms with Crippen LogP contribution in [0.3, 0.4) is 0 Å². The Balaban J connectivity index is 1.92. The smallest absolute Gasteiger partial charge is 0.126 e. The van der Waals surface area contributed by atoms with Crippen LogP contribution in [0.4, 0.5) is 4.39 Å². The Labute approximate surface area is 113 Å². The summed E-state index contributed by atoms with van der Waals surface area (Å²) >= 11 is 0. The van der Waals surface area contributed by atoms with Gasteiger partial charge in [-0.25, -0.2) is 4.39 Å². The van der Waals surface area contributed by atoms with E-state index in [0.717, 1.165) is 12.0 Å². The Kier molecular flexibility index (Phi) is 3.11. The van der Waals surface area contributed by atoms with Gasteiger partial charge in [-0.3, -0.25) is 0 Å². The zero-order chi connectivity index (χ0) is 13.4. The van der Waals surface area contributed by atoms with Crippen molar-refractivity contribution in [3.05, 3.63) is 70.5 Å². The van der Waals surface area contributed by atoms with Crippen molar-refractivity contribution in [3.63, 3.8) is 0 Å². The number of benzene rings is 2. The lowest BCUT2D eigenvalue weighted by Gasteiger charge is -2.36. The van der Waals surface area contributed by atoms with E-state index in [1.165, 1.54) is 11.1 Å². The van der Waals surface area contributed by atoms with Crippen molar-refractivity contribution in [1.82, 2.24) is 5.32 Å². The summed E-state index contributed by atoms with van der Waals surface area (Å²) in [7, 11) is 1.95. The van der Waals surface area contributed by atoms with Crippen molar-refractivity contribution in [1.29, 1.82) is 0 Å². The highest BCUT2D eigenvalue weighted by atomic mass is 19.1. The van der Waals surface area contributed by atoms with E-state index < -0.39 is 0 Å². The highest BCUT2D eigenvalue weighted by Gasteiger charge is 2.32. The van der Waals surface area contributed by atoms with E-state index in [9.17, 15) is 4.39 Å². The predicted octanol–water partition coefficient (Wildman–Crippen LogP) is 3.73. The Morgan fingerprint density at radius 2 is 2.00 bits per heavy atom. The third kappa shape index (κ3) is 2.06. The fourth-order valence-electron chi connectivity index (χ4n) is 3.00. The zero-order valence-corrected chi connectivity index (χ0v) is 11.3. The molecule has 0 aliphatic heterocycles. The van der Waals surface area contributed by atoms with E-state index in [4.69, 9.17) is 0 Å². The van der Waals surface area contributed by atoms with Crippen LogP contribution in [0.1, 0.15) is 34.2 Å². The summed E-state index contributed by atoms with van der Waals surface area (Å²) in [6, 6.07) is 14.2. The van der Waals surface area contributed by atoms with Crippen LogP contribution in [0.2, 0.25) is 0 Å². The molecule has 19 heavy (non-hydrogen) atoms. The minimum atomic E-state index is -0.120. The van der Waals surface area contributed by atoms with Gasteiger partial charge in [0.15, 0.2) is 0 Å². The van der Waals surface area contributed by atoms with E-state index in [1.54, 1.807) is 13.0 Å². The summed E-state index contributed by atoms with van der Waals surface area (Å²) in [6.45, 7) is 1.80. The lowest BCUT2D eigenvalue weighted by molar-refractivity contribution is 0.436. The zero-order valence-electron chi connectivity index (χ0n) is 11.3. The summed E-state index contributed by atoms with van der Waals surface area (Å²) in [5.41, 5.74) is 4.54. The summed E-state index contributed by atoms with van der Waals surface area (Å²) in [5, 5.41) is 3.34. The molecule has 0 spiro atoms. The molecule has 1 aliphatic rings. The second-order valence-corrected chi connectivity index (χ2v) is 5.28. The van der Waals surface area contributed by atoms with Crippen LogP contribution in [0.25, 0.3) is 0 Å². The number of halogens is 1. The number of hydrogen-bond acceptors (Lipinski definition) is 1. The fraction of sp³-hybridized carbons (Fsp3) is 0.294. The highest BCUT2D eigenvalue weighted by molar-refractivity contribution is 5.43. The van der Waals surface area contributed by atoms with Crippen LogP contribution >= 0.6 is 0 Å². The molecule has 0 amide bonds. The molecule has 0 saturated carbocycles. The third-order valence-electron chi connectivity index (χ3n) is 4.16. The molecule has 2 aromatic carbocycles. The first-order valence-corrected chi connectivity index (χ1v) is 6.72. The quantitative estimate of drug-likeness (QED) is 0.881. The maximum atomic E-state index is 13.7. The monoisotopic (exact) mass is 255 g/mol. The molecular formula is C17H18FN. The van der Waals surface area contributed by atoms with Gasteiger partial charge in [-0.2, -0.15) is 0 Å². The molecule has 3 rings (SSSR count). The number of nitrogens with one attached hydrogen (secondary N) is 1. The summed E-state index contributed by atoms with van der Waals surface area (Å²) in [4.78, 5) is 0. The van der Waals surface area contributed by atoms with E-state index in [2.05, 4.69) is 29.6 Å². The first kappa shape index (κ1) is 12.4. The van der Waals surface area contributed by atoms with Crippen LogP contribution in [0.5, 0.6) is 0 Å². The maximum absolute atomic E-state index is 13.7. The molecule has 0 aromatic heterocycles. The molecule has 1 N–H and O–H groups in total. The molecule has 98 valence electrons. The molecule has 2 aromatic rings. The van der Waals surface area contributed by atoms with E-state index >= 15 is 0 Å². The van der Waals surface area contributed by atoms with Gasteiger partial charge in [0.2, 0.25) is 0 Å². The summed E-state index contributed by atoms with van der Waals surface area (Å²) < 4.78 is 13.7. The standard InChI is InChI=1S/C17H18FN/c1-11-7-8-13(10-16(11)18)17(19-2)15-9-12-5-3-4-6-14(12)15/h3-8,10,15,17,19H,9H2,1-2H3. The van der Waals surface area contributed by atoms with Crippen molar-refractivity contribution in [2.75, 3.05) is 7.05 Å². The van der Waals surface area contributed by atoms with Gasteiger partial charge in [-0.1, -0.05) is 36.4 Å². The molecule has 0 fully saturated rings. The number of likely N-dealkylation sites (N-methyl/N-ethyl adjacent to an activating group) is 1. The van der Waals surface area contributed by atoms with Crippen molar-refractivity contribution >= 4 is 0 Å². The molecule has 0 radical (unpaired) electrons. The van der Waals surface area contributed by atoms with Gasteiger partial charge in [-0.05, 0) is 48.7 Å². The molecule has 1 aliphatic carbocycles. The van der Waals surface area contributed by atoms with Gasteiger partial charge in [0.05, 0.1) is 0 Å². The summed E-state index contributed by atoms with van der Waals surface area (Å²) in [5.74, 6) is 0.327. The topological polar surface area (TPSA) is 12.0 Å². The number of hydrogen-bond donors (Lipinski definition) is 1. The Morgan fingerprint density at radius 1 is 1.21 bits per heavy atom. The lowest BCUT2D eigenvalue weighted by Crippen LogP contribution is -2.31. The predicted molar refractivity (Wildman–Crippen MR) is 75.8 cm³/mol. The van der Waals surface area contributed by atoms with E-state index in [1.807, 2.05) is 19.2 Å². The first-order valence-electron chi connectivity index (χ1n) is 6.72. The van der Waals surface area contributed by atoms with Gasteiger partial charge in [0.25, 0.3) is 0 Å². The maximum Gasteiger partial charge on any atom is 0.126 e. The van der Waals surface area contributed by atoms with Crippen molar-refractivity contribution in [2.45, 2.75) is 25.3 Å². The van der Waals surface area contributed by atoms with Crippen molar-refractivity contribution in [3.8, 4) is 0 Å². The van der Waals surface area contributed by atoms with Crippen LogP contribution in [0.15, 0.2) is 42.5 Å². The van der Waals surface area contributed by atoms with Crippen molar-refractivity contribution in [2.24, 2.45) is 0 Å². The van der Waals surface area contributed by atoms with Gasteiger partial charge in [0.1, 0.15) is 5.82 Å². The molecule has 0 saturated heterocycles. The molecule has 2 unspecified atom stereocenters. The van der Waals surface area contributed by atoms with Gasteiger partial charge < -0.3 is 5.32 Å². The van der Waals surface area contributed by atoms with E-state index in [-0.39, 0.29) is 11.9 Å². The normalized spacial score (nSPS) is 18.6. The van der Waals surface area contributed by atoms with Gasteiger partial charge in [0, 0.05) is 12.0 Å². The van der Waals surface area contributed by atoms with Gasteiger partial charge >= 0.3 is 0 Å². The average Bonchev–Trinajstić information content (AvgIpc) is 2.39. The fourth-order valence-corrected chi connectivity index (χ4v) is 3.00. The third-order valence-corrected chi connectivity index (χ3v) is 4.16. The minimum absolute atomic E-state index is 0.120. The average molecular weight is 255 g/mol. The van der Waals surface area contributed by atoms with E-state index in [0.29, 0.717) is 11.5 Å².